The molecule has 6 heteroatoms. The molecule has 4 rings (SSSR count). The monoisotopic (exact) mass is 415 g/mol. The van der Waals surface area contributed by atoms with Gasteiger partial charge >= 0.3 is 0 Å². The quantitative estimate of drug-likeness (QED) is 0.479. The van der Waals surface area contributed by atoms with Gasteiger partial charge in [0.05, 0.1) is 22.3 Å². The van der Waals surface area contributed by atoms with E-state index in [0.717, 1.165) is 21.8 Å². The second kappa shape index (κ2) is 8.55. The topological polar surface area (TPSA) is 64.0 Å². The molecule has 1 N–H and O–H groups in total. The van der Waals surface area contributed by atoms with Crippen LogP contribution < -0.4 is 10.9 Å². The number of carbonyl (C=O) groups excluding carboxylic acids is 1. The van der Waals surface area contributed by atoms with Crippen molar-refractivity contribution in [1.82, 2.24) is 9.55 Å². The van der Waals surface area contributed by atoms with Crippen LogP contribution >= 0.6 is 11.8 Å². The van der Waals surface area contributed by atoms with E-state index in [-0.39, 0.29) is 11.5 Å². The minimum absolute atomic E-state index is 0.0691. The third-order valence-electron chi connectivity index (χ3n) is 4.80. The van der Waals surface area contributed by atoms with Crippen LogP contribution in [0.3, 0.4) is 0 Å². The first kappa shape index (κ1) is 19.9. The number of benzene rings is 3. The van der Waals surface area contributed by atoms with E-state index in [1.54, 1.807) is 10.6 Å². The largest absolute Gasteiger partial charge is 0.325 e. The van der Waals surface area contributed by atoms with Crippen molar-refractivity contribution in [1.29, 1.82) is 0 Å². The summed E-state index contributed by atoms with van der Waals surface area (Å²) in [6.07, 6.45) is 0. The molecule has 1 aromatic heterocycles. The third-order valence-corrected chi connectivity index (χ3v) is 5.81. The van der Waals surface area contributed by atoms with Gasteiger partial charge in [0, 0.05) is 10.6 Å². The summed E-state index contributed by atoms with van der Waals surface area (Å²) in [5, 5.41) is 3.53. The molecule has 0 saturated heterocycles. The first-order valence-corrected chi connectivity index (χ1v) is 10.6. The predicted molar refractivity (Wildman–Crippen MR) is 123 cm³/mol. The zero-order chi connectivity index (χ0) is 21.1. The number of fused-ring (bicyclic) bond motifs is 1. The maximum absolute atomic E-state index is 13.0. The number of thioether (sulfide) groups is 1. The standard InChI is InChI=1S/C24H21N3O2S/c1-16-14-18(27-17(2)25-22-11-7-6-10-20(22)24(27)29)12-13-21(16)26-23(28)15-30-19-8-4-3-5-9-19/h3-14H,15H2,1-2H3,(H,26,28). The van der Waals surface area contributed by atoms with Gasteiger partial charge in [-0.15, -0.1) is 11.8 Å². The fourth-order valence-electron chi connectivity index (χ4n) is 3.33. The van der Waals surface area contributed by atoms with Crippen LogP contribution in [0.4, 0.5) is 5.69 Å². The number of aryl methyl sites for hydroxylation is 2. The minimum Gasteiger partial charge on any atom is -0.325 e. The van der Waals surface area contributed by atoms with Gasteiger partial charge in [-0.25, -0.2) is 4.98 Å². The molecule has 0 radical (unpaired) electrons. The van der Waals surface area contributed by atoms with Gasteiger partial charge in [0.25, 0.3) is 5.56 Å². The van der Waals surface area contributed by atoms with Gasteiger partial charge in [0.1, 0.15) is 5.82 Å². The average molecular weight is 416 g/mol. The number of nitrogens with one attached hydrogen (secondary N) is 1. The van der Waals surface area contributed by atoms with E-state index in [2.05, 4.69) is 10.3 Å². The Labute approximate surface area is 178 Å². The van der Waals surface area contributed by atoms with Crippen LogP contribution in [0.2, 0.25) is 0 Å². The van der Waals surface area contributed by atoms with E-state index < -0.39 is 0 Å². The average Bonchev–Trinajstić information content (AvgIpc) is 2.75. The number of hydrogen-bond acceptors (Lipinski definition) is 4. The maximum atomic E-state index is 13.0. The van der Waals surface area contributed by atoms with Gasteiger partial charge in [-0.1, -0.05) is 30.3 Å². The first-order valence-electron chi connectivity index (χ1n) is 9.60. The highest BCUT2D eigenvalue weighted by Gasteiger charge is 2.12. The number of para-hydroxylation sites is 1. The SMILES string of the molecule is Cc1cc(-n2c(C)nc3ccccc3c2=O)ccc1NC(=O)CSc1ccccc1. The van der Waals surface area contributed by atoms with Crippen LogP contribution in [0, 0.1) is 13.8 Å². The Morgan fingerprint density at radius 3 is 2.50 bits per heavy atom. The number of carbonyl (C=O) groups is 1. The zero-order valence-corrected chi connectivity index (χ0v) is 17.6. The van der Waals surface area contributed by atoms with Gasteiger partial charge in [0.2, 0.25) is 5.91 Å². The van der Waals surface area contributed by atoms with E-state index in [4.69, 9.17) is 0 Å². The van der Waals surface area contributed by atoms with E-state index in [1.807, 2.05) is 80.6 Å². The fraction of sp³-hybridized carbons (Fsp3) is 0.125. The number of hydrogen-bond donors (Lipinski definition) is 1. The van der Waals surface area contributed by atoms with Crippen LogP contribution in [-0.4, -0.2) is 21.2 Å². The van der Waals surface area contributed by atoms with Crippen molar-refractivity contribution in [2.24, 2.45) is 0 Å². The van der Waals surface area contributed by atoms with Gasteiger partial charge in [-0.05, 0) is 61.9 Å². The molecule has 0 fully saturated rings. The Morgan fingerprint density at radius 1 is 1.00 bits per heavy atom. The summed E-state index contributed by atoms with van der Waals surface area (Å²) in [6, 6.07) is 22.7. The number of anilines is 1. The second-order valence-corrected chi connectivity index (χ2v) is 8.01. The van der Waals surface area contributed by atoms with Gasteiger partial charge in [0.15, 0.2) is 0 Å². The summed E-state index contributed by atoms with van der Waals surface area (Å²) in [5.41, 5.74) is 2.92. The molecule has 0 aliphatic heterocycles. The number of amides is 1. The van der Waals surface area contributed by atoms with Gasteiger partial charge < -0.3 is 5.32 Å². The Kier molecular flexibility index (Phi) is 5.68. The van der Waals surface area contributed by atoms with Gasteiger partial charge in [-0.3, -0.25) is 14.2 Å². The van der Waals surface area contributed by atoms with E-state index in [9.17, 15) is 9.59 Å². The lowest BCUT2D eigenvalue weighted by Gasteiger charge is -2.14. The molecule has 150 valence electrons. The maximum Gasteiger partial charge on any atom is 0.265 e. The zero-order valence-electron chi connectivity index (χ0n) is 16.8. The summed E-state index contributed by atoms with van der Waals surface area (Å²) < 4.78 is 1.60. The Hall–Kier alpha value is -3.38. The van der Waals surface area contributed by atoms with Crippen molar-refractivity contribution in [2.75, 3.05) is 11.1 Å². The molecule has 0 aliphatic rings. The summed E-state index contributed by atoms with van der Waals surface area (Å²) in [6.45, 7) is 3.73. The third kappa shape index (κ3) is 4.14. The highest BCUT2D eigenvalue weighted by molar-refractivity contribution is 8.00. The van der Waals surface area contributed by atoms with Crippen molar-refractivity contribution in [3.05, 3.63) is 94.5 Å². The highest BCUT2D eigenvalue weighted by atomic mass is 32.2. The van der Waals surface area contributed by atoms with Crippen molar-refractivity contribution >= 4 is 34.3 Å². The number of nitrogens with zero attached hydrogens (tertiary/aromatic N) is 2. The molecule has 1 heterocycles. The fourth-order valence-corrected chi connectivity index (χ4v) is 4.05. The lowest BCUT2D eigenvalue weighted by Crippen LogP contribution is -2.22. The van der Waals surface area contributed by atoms with E-state index in [0.29, 0.717) is 22.5 Å². The Bertz CT molecular complexity index is 1280. The molecule has 0 aliphatic carbocycles. The molecule has 0 saturated carbocycles. The van der Waals surface area contributed by atoms with Gasteiger partial charge in [-0.2, -0.15) is 0 Å². The lowest BCUT2D eigenvalue weighted by molar-refractivity contribution is -0.113. The molecular formula is C24H21N3O2S. The molecule has 0 bridgehead atoms. The van der Waals surface area contributed by atoms with E-state index in [1.165, 1.54) is 11.8 Å². The summed E-state index contributed by atoms with van der Waals surface area (Å²) in [4.78, 5) is 31.0. The molecule has 1 amide bonds. The van der Waals surface area contributed by atoms with Crippen LogP contribution in [0.1, 0.15) is 11.4 Å². The molecular weight excluding hydrogens is 394 g/mol. The predicted octanol–water partition coefficient (Wildman–Crippen LogP) is 4.73. The summed E-state index contributed by atoms with van der Waals surface area (Å²) >= 11 is 1.49. The van der Waals surface area contributed by atoms with Crippen molar-refractivity contribution in [3.8, 4) is 5.69 Å². The van der Waals surface area contributed by atoms with Crippen molar-refractivity contribution in [2.45, 2.75) is 18.7 Å². The molecule has 30 heavy (non-hydrogen) atoms. The molecule has 3 aromatic carbocycles. The lowest BCUT2D eigenvalue weighted by atomic mass is 10.1. The summed E-state index contributed by atoms with van der Waals surface area (Å²) in [7, 11) is 0. The van der Waals surface area contributed by atoms with Crippen LogP contribution in [0.5, 0.6) is 0 Å². The Morgan fingerprint density at radius 2 is 1.73 bits per heavy atom. The van der Waals surface area contributed by atoms with Crippen LogP contribution in [0.15, 0.2) is 82.5 Å². The molecule has 5 nitrogen and oxygen atoms in total. The Balaban J connectivity index is 1.56. The van der Waals surface area contributed by atoms with Crippen molar-refractivity contribution < 1.29 is 4.79 Å². The number of aromatic nitrogens is 2. The molecule has 0 atom stereocenters. The minimum atomic E-state index is -0.103. The van der Waals surface area contributed by atoms with Crippen LogP contribution in [-0.2, 0) is 4.79 Å². The highest BCUT2D eigenvalue weighted by Crippen LogP contribution is 2.22. The van der Waals surface area contributed by atoms with Crippen molar-refractivity contribution in [3.63, 3.8) is 0 Å². The summed E-state index contributed by atoms with van der Waals surface area (Å²) in [5.74, 6) is 0.882. The van der Waals surface area contributed by atoms with E-state index >= 15 is 0 Å². The number of rotatable bonds is 5. The molecule has 0 spiro atoms. The smallest absolute Gasteiger partial charge is 0.265 e. The normalized spacial score (nSPS) is 10.9. The first-order chi connectivity index (χ1) is 14.5. The molecule has 4 aromatic rings. The van der Waals surface area contributed by atoms with Crippen LogP contribution in [0.25, 0.3) is 16.6 Å². The second-order valence-electron chi connectivity index (χ2n) is 6.97. The molecule has 0 unspecified atom stereocenters.